The van der Waals surface area contributed by atoms with Crippen molar-refractivity contribution in [1.29, 1.82) is 0 Å². The molecule has 16 heavy (non-hydrogen) atoms. The van der Waals surface area contributed by atoms with Crippen LogP contribution in [0.15, 0.2) is 18.2 Å². The fraction of sp³-hybridized carbons (Fsp3) is 0.417. The highest BCUT2D eigenvalue weighted by atomic mass is 16.5. The SMILES string of the molecule is CCOc1ccc(NC(=O)CCN)cc1C. The lowest BCUT2D eigenvalue weighted by molar-refractivity contribution is -0.116. The molecular weight excluding hydrogens is 204 g/mol. The topological polar surface area (TPSA) is 64.3 Å². The number of carbonyl (C=O) groups is 1. The number of nitrogens with one attached hydrogen (secondary N) is 1. The molecule has 4 heteroatoms. The second-order valence-electron chi connectivity index (χ2n) is 3.50. The van der Waals surface area contributed by atoms with Crippen LogP contribution < -0.4 is 15.8 Å². The van der Waals surface area contributed by atoms with Crippen LogP contribution in [0.2, 0.25) is 0 Å². The minimum absolute atomic E-state index is 0.0638. The summed E-state index contributed by atoms with van der Waals surface area (Å²) in [5.41, 5.74) is 7.08. The fourth-order valence-electron chi connectivity index (χ4n) is 1.40. The van der Waals surface area contributed by atoms with E-state index in [0.717, 1.165) is 17.0 Å². The summed E-state index contributed by atoms with van der Waals surface area (Å²) in [6.07, 6.45) is 0.340. The molecule has 0 aromatic heterocycles. The molecule has 0 fully saturated rings. The summed E-state index contributed by atoms with van der Waals surface area (Å²) in [4.78, 5) is 11.3. The largest absolute Gasteiger partial charge is 0.494 e. The summed E-state index contributed by atoms with van der Waals surface area (Å²) in [6, 6.07) is 5.57. The van der Waals surface area contributed by atoms with Crippen LogP contribution in [0.1, 0.15) is 18.9 Å². The zero-order valence-electron chi connectivity index (χ0n) is 9.75. The van der Waals surface area contributed by atoms with Crippen LogP contribution in [-0.4, -0.2) is 19.1 Å². The van der Waals surface area contributed by atoms with Gasteiger partial charge in [-0.3, -0.25) is 4.79 Å². The number of hydrogen-bond acceptors (Lipinski definition) is 3. The maximum absolute atomic E-state index is 11.3. The van der Waals surface area contributed by atoms with Gasteiger partial charge in [0.1, 0.15) is 5.75 Å². The minimum atomic E-state index is -0.0638. The lowest BCUT2D eigenvalue weighted by Gasteiger charge is -2.09. The Kier molecular flexibility index (Phi) is 4.79. The number of ether oxygens (including phenoxy) is 1. The van der Waals surface area contributed by atoms with Gasteiger partial charge in [-0.1, -0.05) is 0 Å². The first-order chi connectivity index (χ1) is 7.67. The second kappa shape index (κ2) is 6.12. The molecule has 1 aromatic carbocycles. The average Bonchev–Trinajstić information content (AvgIpc) is 2.22. The Morgan fingerprint density at radius 1 is 1.50 bits per heavy atom. The number of carbonyl (C=O) groups excluding carboxylic acids is 1. The number of anilines is 1. The van der Waals surface area contributed by atoms with Crippen LogP contribution in [0.3, 0.4) is 0 Å². The predicted octanol–water partition coefficient (Wildman–Crippen LogP) is 1.68. The van der Waals surface area contributed by atoms with E-state index in [0.29, 0.717) is 19.6 Å². The first-order valence-electron chi connectivity index (χ1n) is 5.40. The summed E-state index contributed by atoms with van der Waals surface area (Å²) < 4.78 is 5.41. The van der Waals surface area contributed by atoms with Gasteiger partial charge in [0.2, 0.25) is 5.91 Å². The molecule has 0 radical (unpaired) electrons. The number of nitrogens with two attached hydrogens (primary N) is 1. The minimum Gasteiger partial charge on any atom is -0.494 e. The molecule has 0 saturated heterocycles. The van der Waals surface area contributed by atoms with Crippen molar-refractivity contribution in [2.24, 2.45) is 5.73 Å². The van der Waals surface area contributed by atoms with E-state index in [2.05, 4.69) is 5.32 Å². The van der Waals surface area contributed by atoms with Gasteiger partial charge >= 0.3 is 0 Å². The molecule has 1 amide bonds. The molecule has 0 unspecified atom stereocenters. The summed E-state index contributed by atoms with van der Waals surface area (Å²) in [5, 5.41) is 2.78. The quantitative estimate of drug-likeness (QED) is 0.796. The fourth-order valence-corrected chi connectivity index (χ4v) is 1.40. The van der Waals surface area contributed by atoms with E-state index in [1.165, 1.54) is 0 Å². The smallest absolute Gasteiger partial charge is 0.225 e. The van der Waals surface area contributed by atoms with Crippen molar-refractivity contribution in [3.05, 3.63) is 23.8 Å². The lowest BCUT2D eigenvalue weighted by atomic mass is 10.2. The number of hydrogen-bond donors (Lipinski definition) is 2. The predicted molar refractivity (Wildman–Crippen MR) is 64.6 cm³/mol. The van der Waals surface area contributed by atoms with Gasteiger partial charge in [-0.15, -0.1) is 0 Å². The second-order valence-corrected chi connectivity index (χ2v) is 3.50. The van der Waals surface area contributed by atoms with E-state index < -0.39 is 0 Å². The Bertz CT molecular complexity index is 364. The molecule has 3 N–H and O–H groups in total. The van der Waals surface area contributed by atoms with Crippen LogP contribution in [0.4, 0.5) is 5.69 Å². The Morgan fingerprint density at radius 3 is 2.81 bits per heavy atom. The van der Waals surface area contributed by atoms with Crippen molar-refractivity contribution < 1.29 is 9.53 Å². The standard InChI is InChI=1S/C12H18N2O2/c1-3-16-11-5-4-10(8-9(11)2)14-12(15)6-7-13/h4-5,8H,3,6-7,13H2,1-2H3,(H,14,15). The first kappa shape index (κ1) is 12.5. The molecule has 4 nitrogen and oxygen atoms in total. The molecule has 1 rings (SSSR count). The molecule has 0 spiro atoms. The molecule has 0 aliphatic rings. The Hall–Kier alpha value is -1.55. The van der Waals surface area contributed by atoms with Crippen LogP contribution in [0.25, 0.3) is 0 Å². The van der Waals surface area contributed by atoms with Crippen molar-refractivity contribution in [3.8, 4) is 5.75 Å². The van der Waals surface area contributed by atoms with Crippen LogP contribution in [0, 0.1) is 6.92 Å². The number of rotatable bonds is 5. The Labute approximate surface area is 95.8 Å². The molecule has 0 atom stereocenters. The summed E-state index contributed by atoms with van der Waals surface area (Å²) >= 11 is 0. The van der Waals surface area contributed by atoms with E-state index >= 15 is 0 Å². The van der Waals surface area contributed by atoms with Crippen molar-refractivity contribution in [1.82, 2.24) is 0 Å². The van der Waals surface area contributed by atoms with Gasteiger partial charge in [-0.25, -0.2) is 0 Å². The van der Waals surface area contributed by atoms with Gasteiger partial charge in [0.05, 0.1) is 6.61 Å². The maximum atomic E-state index is 11.3. The highest BCUT2D eigenvalue weighted by Gasteiger charge is 2.03. The van der Waals surface area contributed by atoms with E-state index in [1.807, 2.05) is 32.0 Å². The molecule has 0 heterocycles. The maximum Gasteiger partial charge on any atom is 0.225 e. The van der Waals surface area contributed by atoms with Crippen LogP contribution >= 0.6 is 0 Å². The van der Waals surface area contributed by atoms with Crippen molar-refractivity contribution in [3.63, 3.8) is 0 Å². The molecular formula is C12H18N2O2. The van der Waals surface area contributed by atoms with Gasteiger partial charge in [0.25, 0.3) is 0 Å². The van der Waals surface area contributed by atoms with E-state index in [-0.39, 0.29) is 5.91 Å². The average molecular weight is 222 g/mol. The van der Waals surface area contributed by atoms with Gasteiger partial charge in [-0.05, 0) is 37.6 Å². The third-order valence-electron chi connectivity index (χ3n) is 2.13. The highest BCUT2D eigenvalue weighted by Crippen LogP contribution is 2.21. The zero-order chi connectivity index (χ0) is 12.0. The summed E-state index contributed by atoms with van der Waals surface area (Å²) in [5.74, 6) is 0.783. The summed E-state index contributed by atoms with van der Waals surface area (Å²) in [7, 11) is 0. The highest BCUT2D eigenvalue weighted by molar-refractivity contribution is 5.90. The van der Waals surface area contributed by atoms with Crippen LogP contribution in [0.5, 0.6) is 5.75 Å². The third kappa shape index (κ3) is 3.55. The normalized spacial score (nSPS) is 9.94. The van der Waals surface area contributed by atoms with Gasteiger partial charge in [-0.2, -0.15) is 0 Å². The Morgan fingerprint density at radius 2 is 2.25 bits per heavy atom. The van der Waals surface area contributed by atoms with E-state index in [1.54, 1.807) is 0 Å². The van der Waals surface area contributed by atoms with E-state index in [9.17, 15) is 4.79 Å². The number of aryl methyl sites for hydroxylation is 1. The zero-order valence-corrected chi connectivity index (χ0v) is 9.75. The van der Waals surface area contributed by atoms with Gasteiger partial charge < -0.3 is 15.8 Å². The van der Waals surface area contributed by atoms with Crippen molar-refractivity contribution in [2.75, 3.05) is 18.5 Å². The van der Waals surface area contributed by atoms with E-state index in [4.69, 9.17) is 10.5 Å². The monoisotopic (exact) mass is 222 g/mol. The molecule has 0 aliphatic heterocycles. The molecule has 0 saturated carbocycles. The molecule has 88 valence electrons. The lowest BCUT2D eigenvalue weighted by Crippen LogP contribution is -2.16. The molecule has 0 aliphatic carbocycles. The first-order valence-corrected chi connectivity index (χ1v) is 5.40. The third-order valence-corrected chi connectivity index (χ3v) is 2.13. The summed E-state index contributed by atoms with van der Waals surface area (Å²) in [6.45, 7) is 4.89. The van der Waals surface area contributed by atoms with Crippen molar-refractivity contribution >= 4 is 11.6 Å². The number of amides is 1. The van der Waals surface area contributed by atoms with Gasteiger partial charge in [0, 0.05) is 18.7 Å². The van der Waals surface area contributed by atoms with Crippen molar-refractivity contribution in [2.45, 2.75) is 20.3 Å². The Balaban J connectivity index is 2.69. The molecule has 1 aromatic rings. The molecule has 0 bridgehead atoms. The van der Waals surface area contributed by atoms with Gasteiger partial charge in [0.15, 0.2) is 0 Å². The number of benzene rings is 1. The van der Waals surface area contributed by atoms with Crippen LogP contribution in [-0.2, 0) is 4.79 Å².